The highest BCUT2D eigenvalue weighted by Gasteiger charge is 2.21. The average molecular weight is 331 g/mol. The first-order chi connectivity index (χ1) is 10.9. The fourth-order valence-corrected chi connectivity index (χ4v) is 2.23. The van der Waals surface area contributed by atoms with Gasteiger partial charge in [-0.05, 0) is 19.1 Å². The van der Waals surface area contributed by atoms with Gasteiger partial charge in [0.2, 0.25) is 5.91 Å². The normalized spacial score (nSPS) is 11.5. The van der Waals surface area contributed by atoms with E-state index in [0.717, 1.165) is 0 Å². The SMILES string of the molecule is C#CCC(NC(=O)c1nn(-c2ccccc2Cl)cc1C)C(N)=O. The van der Waals surface area contributed by atoms with Gasteiger partial charge in [0, 0.05) is 18.2 Å². The van der Waals surface area contributed by atoms with Crippen molar-refractivity contribution in [3.8, 4) is 18.0 Å². The van der Waals surface area contributed by atoms with E-state index in [0.29, 0.717) is 16.3 Å². The summed E-state index contributed by atoms with van der Waals surface area (Å²) in [7, 11) is 0. The zero-order valence-electron chi connectivity index (χ0n) is 12.4. The van der Waals surface area contributed by atoms with Crippen LogP contribution < -0.4 is 11.1 Å². The number of aromatic nitrogens is 2. The van der Waals surface area contributed by atoms with Crippen LogP contribution in [0.2, 0.25) is 5.02 Å². The first kappa shape index (κ1) is 16.6. The fraction of sp³-hybridized carbons (Fsp3) is 0.188. The van der Waals surface area contributed by atoms with E-state index in [2.05, 4.69) is 16.3 Å². The summed E-state index contributed by atoms with van der Waals surface area (Å²) in [6.45, 7) is 1.73. The Morgan fingerprint density at radius 2 is 2.17 bits per heavy atom. The standard InChI is InChI=1S/C16H15ClN4O2/c1-3-6-12(15(18)22)19-16(23)14-10(2)9-21(20-14)13-8-5-4-7-11(13)17/h1,4-5,7-9,12H,6H2,2H3,(H2,18,22)(H,19,23). The lowest BCUT2D eigenvalue weighted by atomic mass is 10.2. The molecule has 2 aromatic rings. The van der Waals surface area contributed by atoms with Crippen molar-refractivity contribution in [3.63, 3.8) is 0 Å². The molecular formula is C16H15ClN4O2. The van der Waals surface area contributed by atoms with Crippen LogP contribution in [-0.4, -0.2) is 27.6 Å². The summed E-state index contributed by atoms with van der Waals surface area (Å²) in [4.78, 5) is 23.6. The van der Waals surface area contributed by atoms with Crippen molar-refractivity contribution >= 4 is 23.4 Å². The summed E-state index contributed by atoms with van der Waals surface area (Å²) in [6, 6.07) is 6.18. The zero-order chi connectivity index (χ0) is 17.0. The molecule has 118 valence electrons. The highest BCUT2D eigenvalue weighted by molar-refractivity contribution is 6.32. The van der Waals surface area contributed by atoms with Crippen molar-refractivity contribution in [1.82, 2.24) is 15.1 Å². The van der Waals surface area contributed by atoms with Crippen LogP contribution in [0, 0.1) is 19.3 Å². The molecule has 0 fully saturated rings. The van der Waals surface area contributed by atoms with Crippen LogP contribution in [-0.2, 0) is 4.79 Å². The number of carbonyl (C=O) groups excluding carboxylic acids is 2. The third kappa shape index (κ3) is 3.71. The number of hydrogen-bond donors (Lipinski definition) is 2. The Labute approximate surface area is 138 Å². The first-order valence-corrected chi connectivity index (χ1v) is 7.16. The summed E-state index contributed by atoms with van der Waals surface area (Å²) < 4.78 is 1.51. The van der Waals surface area contributed by atoms with Gasteiger partial charge in [0.1, 0.15) is 6.04 Å². The second kappa shape index (κ2) is 6.99. The van der Waals surface area contributed by atoms with E-state index in [1.807, 2.05) is 6.07 Å². The van der Waals surface area contributed by atoms with Crippen LogP contribution in [0.15, 0.2) is 30.5 Å². The molecule has 7 heteroatoms. The van der Waals surface area contributed by atoms with E-state index >= 15 is 0 Å². The zero-order valence-corrected chi connectivity index (χ0v) is 13.2. The van der Waals surface area contributed by atoms with Crippen LogP contribution in [0.4, 0.5) is 0 Å². The minimum absolute atomic E-state index is 0.0192. The van der Waals surface area contributed by atoms with E-state index < -0.39 is 17.9 Å². The topological polar surface area (TPSA) is 90.0 Å². The van der Waals surface area contributed by atoms with Gasteiger partial charge in [0.25, 0.3) is 5.91 Å². The van der Waals surface area contributed by atoms with Gasteiger partial charge in [-0.1, -0.05) is 23.7 Å². The van der Waals surface area contributed by atoms with E-state index in [1.54, 1.807) is 31.3 Å². The highest BCUT2D eigenvalue weighted by atomic mass is 35.5. The van der Waals surface area contributed by atoms with Gasteiger partial charge in [-0.15, -0.1) is 12.3 Å². The van der Waals surface area contributed by atoms with E-state index in [9.17, 15) is 9.59 Å². The van der Waals surface area contributed by atoms with Crippen molar-refractivity contribution < 1.29 is 9.59 Å². The Morgan fingerprint density at radius 3 is 2.78 bits per heavy atom. The van der Waals surface area contributed by atoms with Crippen molar-refractivity contribution in [2.75, 3.05) is 0 Å². The molecule has 0 radical (unpaired) electrons. The number of hydrogen-bond acceptors (Lipinski definition) is 3. The minimum Gasteiger partial charge on any atom is -0.368 e. The maximum Gasteiger partial charge on any atom is 0.272 e. The molecule has 0 spiro atoms. The molecule has 23 heavy (non-hydrogen) atoms. The van der Waals surface area contributed by atoms with Crippen molar-refractivity contribution in [2.45, 2.75) is 19.4 Å². The Hall–Kier alpha value is -2.78. The quantitative estimate of drug-likeness (QED) is 0.813. The van der Waals surface area contributed by atoms with Crippen molar-refractivity contribution in [2.24, 2.45) is 5.73 Å². The molecule has 3 N–H and O–H groups in total. The Morgan fingerprint density at radius 1 is 1.48 bits per heavy atom. The predicted octanol–water partition coefficient (Wildman–Crippen LogP) is 1.44. The molecule has 1 unspecified atom stereocenters. The van der Waals surface area contributed by atoms with E-state index in [-0.39, 0.29) is 12.1 Å². The molecule has 0 saturated heterocycles. The average Bonchev–Trinajstić information content (AvgIpc) is 2.89. The number of carbonyl (C=O) groups is 2. The monoisotopic (exact) mass is 330 g/mol. The fourth-order valence-electron chi connectivity index (χ4n) is 2.01. The number of primary amides is 1. The molecule has 6 nitrogen and oxygen atoms in total. The summed E-state index contributed by atoms with van der Waals surface area (Å²) in [5, 5.41) is 7.22. The number of terminal acetylenes is 1. The molecule has 2 amide bonds. The Bertz CT molecular complexity index is 792. The van der Waals surface area contributed by atoms with Crippen LogP contribution in [0.1, 0.15) is 22.5 Å². The molecule has 1 aromatic heterocycles. The van der Waals surface area contributed by atoms with Crippen LogP contribution in [0.25, 0.3) is 5.69 Å². The Balaban J connectivity index is 2.28. The lowest BCUT2D eigenvalue weighted by Gasteiger charge is -2.11. The summed E-state index contributed by atoms with van der Waals surface area (Å²) in [5.74, 6) is 1.08. The number of para-hydroxylation sites is 1. The lowest BCUT2D eigenvalue weighted by Crippen LogP contribution is -2.44. The number of amides is 2. The molecule has 0 bridgehead atoms. The third-order valence-electron chi connectivity index (χ3n) is 3.18. The molecular weight excluding hydrogens is 316 g/mol. The van der Waals surface area contributed by atoms with Crippen LogP contribution in [0.5, 0.6) is 0 Å². The first-order valence-electron chi connectivity index (χ1n) is 6.79. The number of nitrogens with one attached hydrogen (secondary N) is 1. The third-order valence-corrected chi connectivity index (χ3v) is 3.50. The maximum atomic E-state index is 12.3. The van der Waals surface area contributed by atoms with Gasteiger partial charge < -0.3 is 11.1 Å². The number of nitrogens with zero attached hydrogens (tertiary/aromatic N) is 2. The number of benzene rings is 1. The van der Waals surface area contributed by atoms with E-state index in [4.69, 9.17) is 23.8 Å². The van der Waals surface area contributed by atoms with Gasteiger partial charge in [-0.2, -0.15) is 5.10 Å². The summed E-state index contributed by atoms with van der Waals surface area (Å²) >= 11 is 6.12. The predicted molar refractivity (Wildman–Crippen MR) is 87.2 cm³/mol. The largest absolute Gasteiger partial charge is 0.368 e. The number of nitrogens with two attached hydrogens (primary N) is 1. The second-order valence-electron chi connectivity index (χ2n) is 4.89. The van der Waals surface area contributed by atoms with E-state index in [1.165, 1.54) is 4.68 Å². The van der Waals surface area contributed by atoms with Crippen LogP contribution >= 0.6 is 11.6 Å². The van der Waals surface area contributed by atoms with Gasteiger partial charge >= 0.3 is 0 Å². The molecule has 1 aromatic carbocycles. The Kier molecular flexibility index (Phi) is 5.04. The number of rotatable bonds is 5. The van der Waals surface area contributed by atoms with Crippen LogP contribution in [0.3, 0.4) is 0 Å². The molecule has 1 heterocycles. The number of halogens is 1. The highest BCUT2D eigenvalue weighted by Crippen LogP contribution is 2.20. The minimum atomic E-state index is -0.933. The van der Waals surface area contributed by atoms with Gasteiger partial charge in [-0.25, -0.2) is 4.68 Å². The molecule has 0 aliphatic heterocycles. The molecule has 0 saturated carbocycles. The molecule has 0 aliphatic carbocycles. The van der Waals surface area contributed by atoms with Gasteiger partial charge in [0.15, 0.2) is 5.69 Å². The second-order valence-corrected chi connectivity index (χ2v) is 5.30. The summed E-state index contributed by atoms with van der Waals surface area (Å²) in [5.41, 5.74) is 6.66. The van der Waals surface area contributed by atoms with Crippen molar-refractivity contribution in [3.05, 3.63) is 46.7 Å². The molecule has 1 atom stereocenters. The van der Waals surface area contributed by atoms with Gasteiger partial charge in [-0.3, -0.25) is 9.59 Å². The maximum absolute atomic E-state index is 12.3. The molecule has 2 rings (SSSR count). The van der Waals surface area contributed by atoms with Crippen molar-refractivity contribution in [1.29, 1.82) is 0 Å². The smallest absolute Gasteiger partial charge is 0.272 e. The molecule has 0 aliphatic rings. The summed E-state index contributed by atoms with van der Waals surface area (Å²) in [6.07, 6.45) is 6.86. The van der Waals surface area contributed by atoms with Gasteiger partial charge in [0.05, 0.1) is 10.7 Å². The lowest BCUT2D eigenvalue weighted by molar-refractivity contribution is -0.119. The number of aryl methyl sites for hydroxylation is 1.